The fourth-order valence-corrected chi connectivity index (χ4v) is 8.26. The van der Waals surface area contributed by atoms with Crippen molar-refractivity contribution in [1.82, 2.24) is 13.9 Å². The lowest BCUT2D eigenvalue weighted by atomic mass is 9.79. The lowest BCUT2D eigenvalue weighted by Crippen LogP contribution is -2.52. The van der Waals surface area contributed by atoms with Crippen LogP contribution in [0.5, 0.6) is 0 Å². The van der Waals surface area contributed by atoms with Crippen molar-refractivity contribution < 1.29 is 21.6 Å². The van der Waals surface area contributed by atoms with Crippen molar-refractivity contribution in [3.05, 3.63) is 41.0 Å². The third kappa shape index (κ3) is 4.81. The van der Waals surface area contributed by atoms with Gasteiger partial charge in [-0.05, 0) is 86.1 Å². The Labute approximate surface area is 200 Å². The van der Waals surface area contributed by atoms with Gasteiger partial charge in [-0.15, -0.1) is 0 Å². The summed E-state index contributed by atoms with van der Waals surface area (Å²) in [4.78, 5) is 2.47. The summed E-state index contributed by atoms with van der Waals surface area (Å²) >= 11 is 0. The molecule has 3 fully saturated rings. The maximum Gasteiger partial charge on any atom is 0.402 e. The molecule has 2 aliphatic carbocycles. The Balaban J connectivity index is 1.31. The maximum absolute atomic E-state index is 13.1. The summed E-state index contributed by atoms with van der Waals surface area (Å²) in [5.41, 5.74) is 2.71. The Morgan fingerprint density at radius 2 is 1.76 bits per heavy atom. The molecule has 2 heterocycles. The van der Waals surface area contributed by atoms with Crippen molar-refractivity contribution in [2.75, 3.05) is 32.7 Å². The van der Waals surface area contributed by atoms with Gasteiger partial charge in [-0.1, -0.05) is 37.3 Å². The molecule has 9 heteroatoms. The minimum atomic E-state index is -4.55. The zero-order valence-electron chi connectivity index (χ0n) is 19.7. The van der Waals surface area contributed by atoms with Gasteiger partial charge in [0.15, 0.2) is 0 Å². The van der Waals surface area contributed by atoms with Gasteiger partial charge in [0.1, 0.15) is 6.54 Å². The van der Waals surface area contributed by atoms with Crippen LogP contribution in [0.4, 0.5) is 13.2 Å². The number of nitrogens with one attached hydrogen (secondary N) is 1. The van der Waals surface area contributed by atoms with Crippen LogP contribution in [0.15, 0.2) is 24.3 Å². The molecule has 2 bridgehead atoms. The van der Waals surface area contributed by atoms with E-state index in [4.69, 9.17) is 0 Å². The lowest BCUT2D eigenvalue weighted by molar-refractivity contribution is -0.136. The summed E-state index contributed by atoms with van der Waals surface area (Å²) in [6.07, 6.45) is 5.37. The molecule has 1 saturated carbocycles. The molecule has 0 aromatic heterocycles. The molecule has 0 unspecified atom stereocenters. The van der Waals surface area contributed by atoms with Crippen LogP contribution in [-0.4, -0.2) is 62.1 Å². The Hall–Kier alpha value is -1.42. The number of halogens is 3. The van der Waals surface area contributed by atoms with E-state index in [-0.39, 0.29) is 18.4 Å². The van der Waals surface area contributed by atoms with Gasteiger partial charge in [0.05, 0.1) is 5.54 Å². The van der Waals surface area contributed by atoms with E-state index in [1.807, 2.05) is 0 Å². The number of piperidine rings is 1. The topological polar surface area (TPSA) is 52.7 Å². The van der Waals surface area contributed by atoms with E-state index in [1.165, 1.54) is 24.0 Å². The molecule has 1 spiro atoms. The van der Waals surface area contributed by atoms with Gasteiger partial charge in [-0.2, -0.15) is 30.6 Å². The van der Waals surface area contributed by atoms with Crippen LogP contribution in [-0.2, 0) is 23.1 Å². The number of nitrogens with zero attached hydrogens (tertiary/aromatic N) is 2. The second-order valence-corrected chi connectivity index (χ2v) is 12.5. The molecule has 3 atom stereocenters. The van der Waals surface area contributed by atoms with E-state index < -0.39 is 28.5 Å². The first-order valence-corrected chi connectivity index (χ1v) is 13.8. The first-order chi connectivity index (χ1) is 16.0. The van der Waals surface area contributed by atoms with Crippen LogP contribution in [0.2, 0.25) is 0 Å². The number of rotatable bonds is 4. The molecule has 34 heavy (non-hydrogen) atoms. The van der Waals surface area contributed by atoms with Crippen molar-refractivity contribution in [1.29, 1.82) is 0 Å². The normalized spacial score (nSPS) is 32.5. The second-order valence-electron chi connectivity index (χ2n) is 10.8. The van der Waals surface area contributed by atoms with E-state index in [2.05, 4.69) is 46.9 Å². The first-order valence-electron chi connectivity index (χ1n) is 12.4. The van der Waals surface area contributed by atoms with Crippen LogP contribution >= 0.6 is 0 Å². The molecule has 5 nitrogen and oxygen atoms in total. The predicted molar refractivity (Wildman–Crippen MR) is 126 cm³/mol. The highest BCUT2D eigenvalue weighted by atomic mass is 32.2. The number of fused-ring (bicyclic) bond motifs is 1. The van der Waals surface area contributed by atoms with Crippen molar-refractivity contribution >= 4 is 16.3 Å². The Morgan fingerprint density at radius 3 is 2.44 bits per heavy atom. The Morgan fingerprint density at radius 1 is 1.09 bits per heavy atom. The molecule has 1 N–H and O–H groups in total. The largest absolute Gasteiger partial charge is 0.402 e. The summed E-state index contributed by atoms with van der Waals surface area (Å²) in [5.74, 6) is 0.823. The first kappa shape index (κ1) is 24.3. The summed E-state index contributed by atoms with van der Waals surface area (Å²) < 4.78 is 67.8. The van der Waals surface area contributed by atoms with Crippen molar-refractivity contribution in [2.24, 2.45) is 17.8 Å². The molecule has 0 radical (unpaired) electrons. The standard InChI is InChI=1S/C25H34F3N3O2S/c1-18-8-11-30(12-9-18)10-2-3-19-4-5-20-14-22-6-7-23(15-21(20)13-19)24(22)16-31(17-25(26,27)28)34(32,33)29-24/h2-5,13,18,22-23,29H,6-12,14-17H2,1H3/b3-2+/t22-,23+,24+/m0/s1. The number of hydrogen-bond donors (Lipinski definition) is 1. The van der Waals surface area contributed by atoms with Gasteiger partial charge in [-0.3, -0.25) is 4.90 Å². The van der Waals surface area contributed by atoms with Crippen molar-refractivity contribution in [3.63, 3.8) is 0 Å². The number of benzene rings is 1. The highest BCUT2D eigenvalue weighted by molar-refractivity contribution is 7.87. The molecular formula is C25H34F3N3O2S. The van der Waals surface area contributed by atoms with Crippen molar-refractivity contribution in [3.8, 4) is 0 Å². The van der Waals surface area contributed by atoms with Crippen LogP contribution in [0.1, 0.15) is 49.3 Å². The van der Waals surface area contributed by atoms with Gasteiger partial charge in [0.25, 0.3) is 10.2 Å². The zero-order chi connectivity index (χ0) is 24.1. The van der Waals surface area contributed by atoms with Crippen LogP contribution in [0.25, 0.3) is 6.08 Å². The molecule has 188 valence electrons. The third-order valence-corrected chi connectivity index (χ3v) is 10.1. The third-order valence-electron chi connectivity index (χ3n) is 8.49. The molecule has 2 saturated heterocycles. The van der Waals surface area contributed by atoms with E-state index in [1.54, 1.807) is 0 Å². The fraction of sp³-hybridized carbons (Fsp3) is 0.680. The number of likely N-dealkylation sites (tertiary alicyclic amines) is 1. The number of hydrogen-bond acceptors (Lipinski definition) is 3. The average molecular weight is 498 g/mol. The van der Waals surface area contributed by atoms with Gasteiger partial charge in [0.2, 0.25) is 0 Å². The molecule has 1 aromatic rings. The molecular weight excluding hydrogens is 463 g/mol. The minimum Gasteiger partial charge on any atom is -0.300 e. The zero-order valence-corrected chi connectivity index (χ0v) is 20.5. The summed E-state index contributed by atoms with van der Waals surface area (Å²) in [6.45, 7) is 4.00. The van der Waals surface area contributed by atoms with E-state index >= 15 is 0 Å². The highest BCUT2D eigenvalue weighted by Gasteiger charge is 2.60. The molecule has 2 aliphatic heterocycles. The lowest BCUT2D eigenvalue weighted by Gasteiger charge is -2.33. The predicted octanol–water partition coefficient (Wildman–Crippen LogP) is 4.01. The van der Waals surface area contributed by atoms with Gasteiger partial charge >= 0.3 is 6.18 Å². The Bertz CT molecular complexity index is 1050. The van der Waals surface area contributed by atoms with Crippen LogP contribution in [0.3, 0.4) is 0 Å². The minimum absolute atomic E-state index is 0.00123. The van der Waals surface area contributed by atoms with Gasteiger partial charge in [-0.25, -0.2) is 0 Å². The maximum atomic E-state index is 13.1. The van der Waals surface area contributed by atoms with Gasteiger partial charge in [0, 0.05) is 13.1 Å². The summed E-state index contributed by atoms with van der Waals surface area (Å²) in [7, 11) is -4.14. The molecule has 0 amide bonds. The molecule has 5 rings (SSSR count). The van der Waals surface area contributed by atoms with E-state index in [0.717, 1.165) is 44.0 Å². The highest BCUT2D eigenvalue weighted by Crippen LogP contribution is 2.50. The summed E-state index contributed by atoms with van der Waals surface area (Å²) in [6, 6.07) is 6.42. The second kappa shape index (κ2) is 8.91. The van der Waals surface area contributed by atoms with Gasteiger partial charge < -0.3 is 0 Å². The van der Waals surface area contributed by atoms with Crippen LogP contribution in [0, 0.1) is 17.8 Å². The SMILES string of the molecule is CC1CCN(C/C=C/c2ccc3c(c2)C[C@H]2CC[C@@H](C3)[C@]23CN(CC(F)(F)F)S(=O)(=O)N3)CC1. The van der Waals surface area contributed by atoms with Crippen molar-refractivity contribution in [2.45, 2.75) is 57.2 Å². The number of alkyl halides is 3. The van der Waals surface area contributed by atoms with E-state index in [0.29, 0.717) is 17.1 Å². The Kier molecular flexibility index (Phi) is 6.36. The average Bonchev–Trinajstić information content (AvgIpc) is 3.13. The monoisotopic (exact) mass is 497 g/mol. The molecule has 1 aromatic carbocycles. The van der Waals surface area contributed by atoms with E-state index in [9.17, 15) is 21.6 Å². The quantitative estimate of drug-likeness (QED) is 0.684. The molecule has 4 aliphatic rings. The fourth-order valence-electron chi connectivity index (χ4n) is 6.55. The summed E-state index contributed by atoms with van der Waals surface area (Å²) in [5, 5.41) is 0. The van der Waals surface area contributed by atoms with Crippen LogP contribution < -0.4 is 4.72 Å². The smallest absolute Gasteiger partial charge is 0.300 e.